The first-order valence-electron chi connectivity index (χ1n) is 4.73. The van der Waals surface area contributed by atoms with Crippen LogP contribution >= 0.6 is 0 Å². The molecular weight excluding hydrogens is 212 g/mol. The zero-order valence-corrected chi connectivity index (χ0v) is 10.5. The molecule has 0 bridgehead atoms. The van der Waals surface area contributed by atoms with Gasteiger partial charge in [-0.15, -0.1) is 0 Å². The van der Waals surface area contributed by atoms with Gasteiger partial charge in [0, 0.05) is 7.11 Å². The number of carbonyl (C=O) groups excluding carboxylic acids is 1. The van der Waals surface area contributed by atoms with Crippen LogP contribution in [-0.4, -0.2) is 21.4 Å². The van der Waals surface area contributed by atoms with E-state index >= 15 is 0 Å². The van der Waals surface area contributed by atoms with Crippen LogP contribution in [0.2, 0.25) is 19.6 Å². The molecule has 84 valence electrons. The zero-order valence-electron chi connectivity index (χ0n) is 9.49. The molecule has 1 aromatic rings. The quantitative estimate of drug-likeness (QED) is 0.743. The number of rotatable bonds is 4. The monoisotopic (exact) mass is 228 g/mol. The molecule has 1 heterocycles. The summed E-state index contributed by atoms with van der Waals surface area (Å²) in [6, 6.07) is 3.32. The van der Waals surface area contributed by atoms with E-state index in [2.05, 4.69) is 0 Å². The second kappa shape index (κ2) is 4.63. The lowest BCUT2D eigenvalue weighted by molar-refractivity contribution is 0.0683. The largest absolute Gasteiger partial charge is 0.514 e. The van der Waals surface area contributed by atoms with Crippen LogP contribution in [0.15, 0.2) is 16.5 Å². The molecule has 0 aliphatic carbocycles. The van der Waals surface area contributed by atoms with Crippen molar-refractivity contribution < 1.29 is 18.4 Å². The number of ether oxygens (including phenoxy) is 1. The van der Waals surface area contributed by atoms with Crippen molar-refractivity contribution in [3.05, 3.63) is 23.7 Å². The Balaban J connectivity index is 2.66. The van der Waals surface area contributed by atoms with Crippen molar-refractivity contribution >= 4 is 14.3 Å². The number of hydrogen-bond acceptors (Lipinski definition) is 4. The van der Waals surface area contributed by atoms with Gasteiger partial charge in [0.15, 0.2) is 0 Å². The van der Waals surface area contributed by atoms with Crippen molar-refractivity contribution in [3.63, 3.8) is 0 Å². The Labute approximate surface area is 90.3 Å². The maximum Gasteiger partial charge on any atom is 0.360 e. The van der Waals surface area contributed by atoms with Crippen LogP contribution in [0.4, 0.5) is 0 Å². The second-order valence-corrected chi connectivity index (χ2v) is 8.63. The van der Waals surface area contributed by atoms with Crippen LogP contribution in [0.3, 0.4) is 0 Å². The number of hydrogen-bond donors (Lipinski definition) is 0. The summed E-state index contributed by atoms with van der Waals surface area (Å²) in [7, 11) is -0.281. The van der Waals surface area contributed by atoms with Crippen molar-refractivity contribution in [3.8, 4) is 0 Å². The first-order valence-corrected chi connectivity index (χ1v) is 8.14. The Kier molecular flexibility index (Phi) is 3.70. The summed E-state index contributed by atoms with van der Waals surface area (Å²) in [5, 5.41) is 0. The molecule has 0 atom stereocenters. The molecule has 0 saturated heterocycles. The Morgan fingerprint density at radius 3 is 2.60 bits per heavy atom. The van der Waals surface area contributed by atoms with Crippen LogP contribution < -0.4 is 0 Å². The Hall–Kier alpha value is -1.07. The molecule has 0 aromatic carbocycles. The maximum atomic E-state index is 11.6. The molecule has 0 unspecified atom stereocenters. The van der Waals surface area contributed by atoms with E-state index in [0.717, 1.165) is 0 Å². The molecule has 5 heteroatoms. The predicted molar refractivity (Wildman–Crippen MR) is 58.2 cm³/mol. The molecule has 0 amide bonds. The SMILES string of the molecule is COCc1ccc(C(=O)O[Si](C)(C)C)o1. The van der Waals surface area contributed by atoms with E-state index in [1.807, 2.05) is 19.6 Å². The summed E-state index contributed by atoms with van der Waals surface area (Å²) in [5.74, 6) is 0.473. The van der Waals surface area contributed by atoms with Crippen molar-refractivity contribution in [1.82, 2.24) is 0 Å². The third-order valence-electron chi connectivity index (χ3n) is 1.55. The van der Waals surface area contributed by atoms with Gasteiger partial charge in [0.1, 0.15) is 12.4 Å². The minimum atomic E-state index is -1.85. The van der Waals surface area contributed by atoms with Crippen molar-refractivity contribution in [2.75, 3.05) is 7.11 Å². The first-order chi connectivity index (χ1) is 6.92. The summed E-state index contributed by atoms with van der Waals surface area (Å²) >= 11 is 0. The zero-order chi connectivity index (χ0) is 11.5. The van der Waals surface area contributed by atoms with Gasteiger partial charge in [-0.2, -0.15) is 0 Å². The van der Waals surface area contributed by atoms with Crippen molar-refractivity contribution in [1.29, 1.82) is 0 Å². The second-order valence-electron chi connectivity index (χ2n) is 4.20. The van der Waals surface area contributed by atoms with E-state index in [4.69, 9.17) is 13.6 Å². The molecule has 15 heavy (non-hydrogen) atoms. The number of carbonyl (C=O) groups is 1. The average Bonchev–Trinajstić information content (AvgIpc) is 2.50. The molecule has 0 aliphatic heterocycles. The molecular formula is C10H16O4Si. The molecule has 1 aromatic heterocycles. The minimum absolute atomic E-state index is 0.240. The topological polar surface area (TPSA) is 48.7 Å². The number of methoxy groups -OCH3 is 1. The molecule has 0 aliphatic rings. The lowest BCUT2D eigenvalue weighted by Crippen LogP contribution is -2.28. The Morgan fingerprint density at radius 1 is 1.40 bits per heavy atom. The average molecular weight is 228 g/mol. The van der Waals surface area contributed by atoms with Crippen LogP contribution in [-0.2, 0) is 15.8 Å². The van der Waals surface area contributed by atoms with Crippen LogP contribution in [0.1, 0.15) is 16.3 Å². The molecule has 0 fully saturated rings. The maximum absolute atomic E-state index is 11.6. The van der Waals surface area contributed by atoms with Gasteiger partial charge in [-0.25, -0.2) is 4.79 Å². The Bertz CT molecular complexity index is 337. The van der Waals surface area contributed by atoms with Gasteiger partial charge < -0.3 is 13.6 Å². The fourth-order valence-corrected chi connectivity index (χ4v) is 1.69. The molecule has 0 saturated carbocycles. The van der Waals surface area contributed by atoms with Gasteiger partial charge in [-0.3, -0.25) is 0 Å². The van der Waals surface area contributed by atoms with Crippen LogP contribution in [0.5, 0.6) is 0 Å². The van der Waals surface area contributed by atoms with E-state index in [1.165, 1.54) is 0 Å². The van der Waals surface area contributed by atoms with Gasteiger partial charge in [-0.05, 0) is 31.8 Å². The molecule has 0 N–H and O–H groups in total. The van der Waals surface area contributed by atoms with E-state index in [9.17, 15) is 4.79 Å². The molecule has 1 rings (SSSR count). The summed E-state index contributed by atoms with van der Waals surface area (Å²) in [5.41, 5.74) is 0. The highest BCUT2D eigenvalue weighted by atomic mass is 28.4. The molecule has 4 nitrogen and oxygen atoms in total. The highest BCUT2D eigenvalue weighted by molar-refractivity contribution is 6.71. The summed E-state index contributed by atoms with van der Waals surface area (Å²) < 4.78 is 15.4. The Morgan fingerprint density at radius 2 is 2.07 bits per heavy atom. The first kappa shape index (κ1) is 12.0. The summed E-state index contributed by atoms with van der Waals surface area (Å²) in [4.78, 5) is 11.6. The van der Waals surface area contributed by atoms with Gasteiger partial charge in [0.25, 0.3) is 0 Å². The highest BCUT2D eigenvalue weighted by Gasteiger charge is 2.22. The van der Waals surface area contributed by atoms with E-state index in [0.29, 0.717) is 12.4 Å². The van der Waals surface area contributed by atoms with E-state index in [1.54, 1.807) is 19.2 Å². The van der Waals surface area contributed by atoms with Crippen molar-refractivity contribution in [2.24, 2.45) is 0 Å². The summed E-state index contributed by atoms with van der Waals surface area (Å²) in [6.07, 6.45) is 0. The summed E-state index contributed by atoms with van der Waals surface area (Å²) in [6.45, 7) is 6.21. The van der Waals surface area contributed by atoms with Crippen LogP contribution in [0.25, 0.3) is 0 Å². The third-order valence-corrected chi connectivity index (χ3v) is 2.35. The molecule has 0 radical (unpaired) electrons. The van der Waals surface area contributed by atoms with Crippen molar-refractivity contribution in [2.45, 2.75) is 26.2 Å². The third kappa shape index (κ3) is 3.89. The normalized spacial score (nSPS) is 11.5. The highest BCUT2D eigenvalue weighted by Crippen LogP contribution is 2.13. The lowest BCUT2D eigenvalue weighted by Gasteiger charge is -2.15. The molecule has 0 spiro atoms. The lowest BCUT2D eigenvalue weighted by atomic mass is 10.4. The van der Waals surface area contributed by atoms with Gasteiger partial charge in [0.05, 0.1) is 0 Å². The fraction of sp³-hybridized carbons (Fsp3) is 0.500. The fourth-order valence-electron chi connectivity index (χ4n) is 1.04. The van der Waals surface area contributed by atoms with E-state index < -0.39 is 14.3 Å². The van der Waals surface area contributed by atoms with Gasteiger partial charge >= 0.3 is 5.97 Å². The smallest absolute Gasteiger partial charge is 0.360 e. The van der Waals surface area contributed by atoms with Gasteiger partial charge in [0.2, 0.25) is 14.1 Å². The predicted octanol–water partition coefficient (Wildman–Crippen LogP) is 2.42. The van der Waals surface area contributed by atoms with Crippen LogP contribution in [0, 0.1) is 0 Å². The van der Waals surface area contributed by atoms with E-state index in [-0.39, 0.29) is 5.76 Å². The standard InChI is InChI=1S/C10H16O4Si/c1-12-7-8-5-6-9(13-8)10(11)14-15(2,3)4/h5-6H,7H2,1-4H3. The minimum Gasteiger partial charge on any atom is -0.514 e. The van der Waals surface area contributed by atoms with Gasteiger partial charge in [-0.1, -0.05) is 0 Å². The number of furan rings is 1.